The predicted octanol–water partition coefficient (Wildman–Crippen LogP) is 3.86. The molecule has 4 rings (SSSR count). The maximum Gasteiger partial charge on any atom is 0.410 e. The average Bonchev–Trinajstić information content (AvgIpc) is 3.25. The molecule has 1 aliphatic heterocycles. The van der Waals surface area contributed by atoms with Crippen molar-refractivity contribution in [2.24, 2.45) is 0 Å². The van der Waals surface area contributed by atoms with Gasteiger partial charge < -0.3 is 18.8 Å². The lowest BCUT2D eigenvalue weighted by atomic mass is 10.1. The number of likely N-dealkylation sites (tertiary alicyclic amines) is 1. The van der Waals surface area contributed by atoms with Crippen molar-refractivity contribution in [2.45, 2.75) is 58.7 Å². The second kappa shape index (κ2) is 7.97. The molecule has 0 radical (unpaired) electrons. The van der Waals surface area contributed by atoms with Crippen molar-refractivity contribution in [3.63, 3.8) is 0 Å². The van der Waals surface area contributed by atoms with Gasteiger partial charge in [-0.2, -0.15) is 5.10 Å². The van der Waals surface area contributed by atoms with E-state index in [1.54, 1.807) is 28.1 Å². The minimum Gasteiger partial charge on any atom is -0.473 e. The van der Waals surface area contributed by atoms with Gasteiger partial charge in [0, 0.05) is 19.5 Å². The molecule has 30 heavy (non-hydrogen) atoms. The summed E-state index contributed by atoms with van der Waals surface area (Å²) in [5, 5.41) is 4.31. The monoisotopic (exact) mass is 413 g/mol. The van der Waals surface area contributed by atoms with E-state index >= 15 is 0 Å². The highest BCUT2D eigenvalue weighted by molar-refractivity contribution is 5.68. The molecule has 3 aromatic rings. The lowest BCUT2D eigenvalue weighted by Gasteiger charge is -2.26. The molecule has 0 saturated carbocycles. The van der Waals surface area contributed by atoms with Crippen molar-refractivity contribution in [2.75, 3.05) is 13.1 Å². The highest BCUT2D eigenvalue weighted by Crippen LogP contribution is 2.26. The predicted molar refractivity (Wildman–Crippen MR) is 109 cm³/mol. The Morgan fingerprint density at radius 2 is 2.07 bits per heavy atom. The van der Waals surface area contributed by atoms with Gasteiger partial charge in [0.05, 0.1) is 18.1 Å². The summed E-state index contributed by atoms with van der Waals surface area (Å²) in [7, 11) is 0. The smallest absolute Gasteiger partial charge is 0.410 e. The molecule has 1 saturated heterocycles. The molecule has 9 heteroatoms. The Labute approximate surface area is 175 Å². The largest absolute Gasteiger partial charge is 0.473 e. The van der Waals surface area contributed by atoms with Crippen LogP contribution in [0.3, 0.4) is 0 Å². The number of amides is 1. The molecule has 0 spiro atoms. The van der Waals surface area contributed by atoms with Crippen molar-refractivity contribution < 1.29 is 18.7 Å². The molecule has 160 valence electrons. The molecular formula is C21H27N5O4. The molecule has 1 fully saturated rings. The standard InChI is InChI=1S/C21H27N5O4/c1-14-13-28-18(23-14)16-12-26-17(7-9-22-26)19(24-16)29-15-6-5-10-25(11-8-15)20(27)30-21(2,3)4/h7,9,12-13,15H,5-6,8,10-11H2,1-4H3/t15-/m1/s1. The van der Waals surface area contributed by atoms with Crippen LogP contribution in [0.5, 0.6) is 5.88 Å². The van der Waals surface area contributed by atoms with Crippen LogP contribution in [0.15, 0.2) is 29.1 Å². The van der Waals surface area contributed by atoms with Crippen molar-refractivity contribution in [1.82, 2.24) is 24.5 Å². The zero-order valence-electron chi connectivity index (χ0n) is 17.8. The fourth-order valence-corrected chi connectivity index (χ4v) is 3.41. The highest BCUT2D eigenvalue weighted by Gasteiger charge is 2.26. The Bertz CT molecular complexity index is 1040. The Hall–Kier alpha value is -3.10. The summed E-state index contributed by atoms with van der Waals surface area (Å²) < 4.78 is 19.0. The molecule has 1 atom stereocenters. The van der Waals surface area contributed by atoms with Gasteiger partial charge >= 0.3 is 6.09 Å². The van der Waals surface area contributed by atoms with Crippen molar-refractivity contribution in [3.05, 3.63) is 30.4 Å². The maximum absolute atomic E-state index is 12.4. The summed E-state index contributed by atoms with van der Waals surface area (Å²) in [5.41, 5.74) is 1.60. The summed E-state index contributed by atoms with van der Waals surface area (Å²) >= 11 is 0. The van der Waals surface area contributed by atoms with E-state index in [-0.39, 0.29) is 12.2 Å². The van der Waals surface area contributed by atoms with E-state index in [1.165, 1.54) is 0 Å². The Balaban J connectivity index is 1.50. The molecule has 0 aromatic carbocycles. The first-order valence-corrected chi connectivity index (χ1v) is 10.2. The first kappa shape index (κ1) is 20.2. The minimum absolute atomic E-state index is 0.0646. The third kappa shape index (κ3) is 4.55. The van der Waals surface area contributed by atoms with E-state index in [0.717, 1.165) is 24.1 Å². The van der Waals surface area contributed by atoms with Crippen LogP contribution < -0.4 is 4.74 Å². The fourth-order valence-electron chi connectivity index (χ4n) is 3.41. The first-order chi connectivity index (χ1) is 14.3. The summed E-state index contributed by atoms with van der Waals surface area (Å²) in [6, 6.07) is 1.86. The summed E-state index contributed by atoms with van der Waals surface area (Å²) in [6.07, 6.45) is 7.06. The highest BCUT2D eigenvalue weighted by atomic mass is 16.6. The topological polar surface area (TPSA) is 95.0 Å². The van der Waals surface area contributed by atoms with E-state index < -0.39 is 5.60 Å². The molecule has 4 heterocycles. The number of aromatic nitrogens is 4. The summed E-state index contributed by atoms with van der Waals surface area (Å²) in [5.74, 6) is 0.906. The van der Waals surface area contributed by atoms with Crippen LogP contribution in [0.25, 0.3) is 17.1 Å². The SMILES string of the molecule is Cc1coc(-c2cn3nccc3c(O[C@@H]3CCCN(C(=O)OC(C)(C)C)CC3)n2)n1. The van der Waals surface area contributed by atoms with E-state index in [4.69, 9.17) is 13.9 Å². The zero-order valence-corrected chi connectivity index (χ0v) is 17.8. The number of fused-ring (bicyclic) bond motifs is 1. The molecule has 0 bridgehead atoms. The Morgan fingerprint density at radius 1 is 1.23 bits per heavy atom. The molecule has 1 amide bonds. The van der Waals surface area contributed by atoms with Crippen molar-refractivity contribution in [3.8, 4) is 17.5 Å². The van der Waals surface area contributed by atoms with Crippen molar-refractivity contribution >= 4 is 11.6 Å². The number of nitrogens with zero attached hydrogens (tertiary/aromatic N) is 5. The van der Waals surface area contributed by atoms with Crippen LogP contribution in [0.4, 0.5) is 4.79 Å². The molecule has 0 aliphatic carbocycles. The van der Waals surface area contributed by atoms with Gasteiger partial charge in [-0.1, -0.05) is 0 Å². The van der Waals surface area contributed by atoms with Crippen LogP contribution in [-0.2, 0) is 4.74 Å². The molecule has 9 nitrogen and oxygen atoms in total. The molecule has 0 unspecified atom stereocenters. The molecule has 1 aliphatic rings. The van der Waals surface area contributed by atoms with Gasteiger partial charge in [0.2, 0.25) is 11.8 Å². The fraction of sp³-hybridized carbons (Fsp3) is 0.524. The number of ether oxygens (including phenoxy) is 2. The van der Waals surface area contributed by atoms with Crippen LogP contribution >= 0.6 is 0 Å². The van der Waals surface area contributed by atoms with Gasteiger partial charge in [-0.25, -0.2) is 19.3 Å². The number of carbonyl (C=O) groups is 1. The van der Waals surface area contributed by atoms with Gasteiger partial charge in [-0.3, -0.25) is 0 Å². The van der Waals surface area contributed by atoms with E-state index in [1.807, 2.05) is 33.8 Å². The minimum atomic E-state index is -0.504. The van der Waals surface area contributed by atoms with Gasteiger partial charge in [-0.05, 0) is 46.6 Å². The van der Waals surface area contributed by atoms with Crippen LogP contribution in [-0.4, -0.2) is 55.4 Å². The number of rotatable bonds is 3. The lowest BCUT2D eigenvalue weighted by molar-refractivity contribution is 0.0252. The van der Waals surface area contributed by atoms with Gasteiger partial charge in [0.15, 0.2) is 0 Å². The van der Waals surface area contributed by atoms with Crippen LogP contribution in [0.2, 0.25) is 0 Å². The first-order valence-electron chi connectivity index (χ1n) is 10.2. The van der Waals surface area contributed by atoms with Crippen LogP contribution in [0, 0.1) is 6.92 Å². The van der Waals surface area contributed by atoms with E-state index in [0.29, 0.717) is 37.0 Å². The second-order valence-corrected chi connectivity index (χ2v) is 8.52. The molecule has 3 aromatic heterocycles. The van der Waals surface area contributed by atoms with E-state index in [9.17, 15) is 4.79 Å². The third-order valence-electron chi connectivity index (χ3n) is 4.80. The zero-order chi connectivity index (χ0) is 21.3. The Kier molecular flexibility index (Phi) is 5.36. The average molecular weight is 413 g/mol. The summed E-state index contributed by atoms with van der Waals surface area (Å²) in [6.45, 7) is 8.71. The van der Waals surface area contributed by atoms with Gasteiger partial charge in [0.25, 0.3) is 0 Å². The number of hydrogen-bond acceptors (Lipinski definition) is 7. The second-order valence-electron chi connectivity index (χ2n) is 8.52. The maximum atomic E-state index is 12.4. The Morgan fingerprint density at radius 3 is 2.80 bits per heavy atom. The quantitative estimate of drug-likeness (QED) is 0.643. The summed E-state index contributed by atoms with van der Waals surface area (Å²) in [4.78, 5) is 23.1. The van der Waals surface area contributed by atoms with Crippen molar-refractivity contribution in [1.29, 1.82) is 0 Å². The lowest BCUT2D eigenvalue weighted by Crippen LogP contribution is -2.37. The number of carbonyl (C=O) groups excluding carboxylic acids is 1. The van der Waals surface area contributed by atoms with E-state index in [2.05, 4.69) is 15.1 Å². The number of aryl methyl sites for hydroxylation is 1. The molecule has 0 N–H and O–H groups in total. The molecular weight excluding hydrogens is 386 g/mol. The van der Waals surface area contributed by atoms with Crippen LogP contribution in [0.1, 0.15) is 45.7 Å². The number of hydrogen-bond donors (Lipinski definition) is 0. The van der Waals surface area contributed by atoms with Gasteiger partial charge in [0.1, 0.15) is 29.2 Å². The van der Waals surface area contributed by atoms with Gasteiger partial charge in [-0.15, -0.1) is 0 Å². The number of oxazole rings is 1. The normalized spacial score (nSPS) is 17.7. The third-order valence-corrected chi connectivity index (χ3v) is 4.80.